The van der Waals surface area contributed by atoms with Crippen LogP contribution in [0.1, 0.15) is 5.56 Å². The molecule has 0 bridgehead atoms. The number of alkyl halides is 3. The van der Waals surface area contributed by atoms with Gasteiger partial charge in [0.05, 0.1) is 26.9 Å². The maximum atomic E-state index is 12.6. The van der Waals surface area contributed by atoms with Crippen molar-refractivity contribution in [3.63, 3.8) is 0 Å². The lowest BCUT2D eigenvalue weighted by Crippen LogP contribution is -2.14. The Morgan fingerprint density at radius 1 is 1.24 bits per heavy atom. The van der Waals surface area contributed by atoms with Gasteiger partial charge in [-0.15, -0.1) is 11.8 Å². The van der Waals surface area contributed by atoms with Gasteiger partial charge in [-0.05, 0) is 24.3 Å². The van der Waals surface area contributed by atoms with Crippen molar-refractivity contribution < 1.29 is 22.9 Å². The van der Waals surface area contributed by atoms with Gasteiger partial charge in [-0.1, -0.05) is 17.7 Å². The molecule has 10 heteroatoms. The predicted molar refractivity (Wildman–Crippen MR) is 88.9 cm³/mol. The van der Waals surface area contributed by atoms with Crippen molar-refractivity contribution in [2.75, 3.05) is 11.1 Å². The molecule has 0 fully saturated rings. The molecular weight excluding hydrogens is 381 g/mol. The highest BCUT2D eigenvalue weighted by Gasteiger charge is 2.30. The topological polar surface area (TPSA) is 72.2 Å². The summed E-state index contributed by atoms with van der Waals surface area (Å²) in [5, 5.41) is 13.1. The van der Waals surface area contributed by atoms with Crippen molar-refractivity contribution >= 4 is 40.6 Å². The molecule has 132 valence electrons. The van der Waals surface area contributed by atoms with E-state index >= 15 is 0 Å². The van der Waals surface area contributed by atoms with E-state index in [0.29, 0.717) is 4.90 Å². The smallest absolute Gasteiger partial charge is 0.324 e. The molecule has 0 aromatic heterocycles. The number of carbonyl (C=O) groups excluding carboxylic acids is 1. The minimum atomic E-state index is -4.45. The number of nitro benzene ring substituents is 1. The number of hydrogen-bond acceptors (Lipinski definition) is 4. The van der Waals surface area contributed by atoms with E-state index in [0.717, 1.165) is 30.0 Å². The zero-order chi connectivity index (χ0) is 18.6. The molecule has 0 atom stereocenters. The number of carbonyl (C=O) groups is 1. The largest absolute Gasteiger partial charge is 0.416 e. The molecule has 5 nitrogen and oxygen atoms in total. The Hall–Kier alpha value is -2.26. The lowest BCUT2D eigenvalue weighted by molar-refractivity contribution is -0.384. The molecule has 0 aliphatic rings. The average molecular weight is 391 g/mol. The van der Waals surface area contributed by atoms with E-state index in [2.05, 4.69) is 5.32 Å². The summed E-state index contributed by atoms with van der Waals surface area (Å²) in [4.78, 5) is 22.2. The van der Waals surface area contributed by atoms with Gasteiger partial charge in [0.25, 0.3) is 5.69 Å². The summed E-state index contributed by atoms with van der Waals surface area (Å²) in [6.45, 7) is 0. The number of nitro groups is 1. The zero-order valence-corrected chi connectivity index (χ0v) is 13.9. The SMILES string of the molecule is O=C(CSc1cccc(C(F)(F)F)c1)Nc1ccc([N+](=O)[O-])cc1Cl. The van der Waals surface area contributed by atoms with Crippen LogP contribution in [0.5, 0.6) is 0 Å². The van der Waals surface area contributed by atoms with Crippen LogP contribution in [0.3, 0.4) is 0 Å². The number of benzene rings is 2. The molecule has 0 aliphatic heterocycles. The number of hydrogen-bond donors (Lipinski definition) is 1. The molecule has 2 rings (SSSR count). The quantitative estimate of drug-likeness (QED) is 0.443. The van der Waals surface area contributed by atoms with Gasteiger partial charge in [-0.25, -0.2) is 0 Å². The van der Waals surface area contributed by atoms with Crippen LogP contribution in [0.25, 0.3) is 0 Å². The summed E-state index contributed by atoms with van der Waals surface area (Å²) in [6, 6.07) is 8.19. The first-order valence-corrected chi connectivity index (χ1v) is 8.07. The van der Waals surface area contributed by atoms with Crippen LogP contribution in [0.4, 0.5) is 24.5 Å². The molecule has 0 heterocycles. The maximum Gasteiger partial charge on any atom is 0.416 e. The van der Waals surface area contributed by atoms with E-state index in [1.54, 1.807) is 0 Å². The Labute approximate surface area is 149 Å². The van der Waals surface area contributed by atoms with Gasteiger partial charge < -0.3 is 5.32 Å². The Balaban J connectivity index is 1.99. The molecule has 2 aromatic rings. The van der Waals surface area contributed by atoms with E-state index in [1.165, 1.54) is 24.3 Å². The number of non-ortho nitro benzene ring substituents is 1. The van der Waals surface area contributed by atoms with E-state index in [4.69, 9.17) is 11.6 Å². The van der Waals surface area contributed by atoms with Crippen LogP contribution in [0.15, 0.2) is 47.4 Å². The molecule has 0 saturated carbocycles. The number of thioether (sulfide) groups is 1. The molecule has 0 spiro atoms. The first-order valence-electron chi connectivity index (χ1n) is 6.70. The van der Waals surface area contributed by atoms with Gasteiger partial charge in [0.1, 0.15) is 0 Å². The summed E-state index contributed by atoms with van der Waals surface area (Å²) in [5.74, 6) is -0.646. The van der Waals surface area contributed by atoms with Gasteiger partial charge in [-0.3, -0.25) is 14.9 Å². The van der Waals surface area contributed by atoms with Crippen LogP contribution in [-0.4, -0.2) is 16.6 Å². The Bertz CT molecular complexity index is 815. The van der Waals surface area contributed by atoms with E-state index in [9.17, 15) is 28.1 Å². The van der Waals surface area contributed by atoms with Crippen LogP contribution in [0, 0.1) is 10.1 Å². The van der Waals surface area contributed by atoms with Crippen molar-refractivity contribution in [2.24, 2.45) is 0 Å². The van der Waals surface area contributed by atoms with Crippen molar-refractivity contribution in [2.45, 2.75) is 11.1 Å². The molecule has 1 amide bonds. The number of anilines is 1. The maximum absolute atomic E-state index is 12.6. The normalized spacial score (nSPS) is 11.2. The lowest BCUT2D eigenvalue weighted by Gasteiger charge is -2.09. The highest BCUT2D eigenvalue weighted by atomic mass is 35.5. The second-order valence-electron chi connectivity index (χ2n) is 4.78. The van der Waals surface area contributed by atoms with Crippen LogP contribution in [-0.2, 0) is 11.0 Å². The fourth-order valence-corrected chi connectivity index (χ4v) is 2.79. The summed E-state index contributed by atoms with van der Waals surface area (Å²) < 4.78 is 37.9. The number of amides is 1. The highest BCUT2D eigenvalue weighted by Crippen LogP contribution is 2.32. The van der Waals surface area contributed by atoms with Gasteiger partial charge in [0, 0.05) is 17.0 Å². The summed E-state index contributed by atoms with van der Waals surface area (Å²) in [7, 11) is 0. The number of nitrogens with zero attached hydrogens (tertiary/aromatic N) is 1. The molecule has 25 heavy (non-hydrogen) atoms. The summed E-state index contributed by atoms with van der Waals surface area (Å²) >= 11 is 6.78. The molecule has 1 N–H and O–H groups in total. The first kappa shape index (κ1) is 19.1. The van der Waals surface area contributed by atoms with E-state index in [1.807, 2.05) is 0 Å². The minimum Gasteiger partial charge on any atom is -0.324 e. The molecular formula is C15H10ClF3N2O3S. The number of nitrogens with one attached hydrogen (secondary N) is 1. The van der Waals surface area contributed by atoms with Gasteiger partial charge in [-0.2, -0.15) is 13.2 Å². The van der Waals surface area contributed by atoms with Crippen LogP contribution >= 0.6 is 23.4 Å². The van der Waals surface area contributed by atoms with Crippen molar-refractivity contribution in [1.29, 1.82) is 0 Å². The van der Waals surface area contributed by atoms with E-state index in [-0.39, 0.29) is 22.2 Å². The average Bonchev–Trinajstić information content (AvgIpc) is 2.54. The third-order valence-electron chi connectivity index (χ3n) is 2.97. The monoisotopic (exact) mass is 390 g/mol. The number of halogens is 4. The van der Waals surface area contributed by atoms with Crippen molar-refractivity contribution in [1.82, 2.24) is 0 Å². The second-order valence-corrected chi connectivity index (χ2v) is 6.24. The Morgan fingerprint density at radius 2 is 1.96 bits per heavy atom. The number of rotatable bonds is 5. The first-order chi connectivity index (χ1) is 11.7. The van der Waals surface area contributed by atoms with Gasteiger partial charge in [0.2, 0.25) is 5.91 Å². The fourth-order valence-electron chi connectivity index (χ4n) is 1.82. The molecule has 0 unspecified atom stereocenters. The summed E-state index contributed by atoms with van der Waals surface area (Å²) in [5.41, 5.74) is -0.834. The molecule has 0 saturated heterocycles. The third-order valence-corrected chi connectivity index (χ3v) is 4.28. The van der Waals surface area contributed by atoms with Crippen molar-refractivity contribution in [3.8, 4) is 0 Å². The lowest BCUT2D eigenvalue weighted by atomic mass is 10.2. The van der Waals surface area contributed by atoms with Gasteiger partial charge >= 0.3 is 6.18 Å². The van der Waals surface area contributed by atoms with Crippen LogP contribution < -0.4 is 5.32 Å². The van der Waals surface area contributed by atoms with Gasteiger partial charge in [0.15, 0.2) is 0 Å². The standard InChI is InChI=1S/C15H10ClF3N2O3S/c16-12-7-10(21(23)24)4-5-13(12)20-14(22)8-25-11-3-1-2-9(6-11)15(17,18)19/h1-7H,8H2,(H,20,22). The second kappa shape index (κ2) is 7.75. The highest BCUT2D eigenvalue weighted by molar-refractivity contribution is 8.00. The zero-order valence-electron chi connectivity index (χ0n) is 12.3. The molecule has 2 aromatic carbocycles. The molecule has 0 radical (unpaired) electrons. The Morgan fingerprint density at radius 3 is 2.56 bits per heavy atom. The van der Waals surface area contributed by atoms with Crippen LogP contribution in [0.2, 0.25) is 5.02 Å². The minimum absolute atomic E-state index is 0.00776. The molecule has 0 aliphatic carbocycles. The Kier molecular flexibility index (Phi) is 5.91. The summed E-state index contributed by atoms with van der Waals surface area (Å²) in [6.07, 6.45) is -4.45. The predicted octanol–water partition coefficient (Wildman–Crippen LogP) is 5.00. The fraction of sp³-hybridized carbons (Fsp3) is 0.133. The van der Waals surface area contributed by atoms with Crippen molar-refractivity contribution in [3.05, 3.63) is 63.2 Å². The third kappa shape index (κ3) is 5.36. The van der Waals surface area contributed by atoms with E-state index < -0.39 is 22.6 Å².